The predicted molar refractivity (Wildman–Crippen MR) is 59.9 cm³/mol. The van der Waals surface area contributed by atoms with Crippen molar-refractivity contribution in [3.05, 3.63) is 11.8 Å². The van der Waals surface area contributed by atoms with Crippen LogP contribution in [0.1, 0.15) is 50.3 Å². The minimum atomic E-state index is 0.588. The molecule has 2 fully saturated rings. The highest BCUT2D eigenvalue weighted by atomic mass is 16.4. The molecule has 0 radical (unpaired) electrons. The largest absolute Gasteiger partial charge is 0.424 e. The summed E-state index contributed by atoms with van der Waals surface area (Å²) < 4.78 is 5.72. The number of aromatic nitrogens is 2. The van der Waals surface area contributed by atoms with Crippen molar-refractivity contribution in [3.8, 4) is 0 Å². The van der Waals surface area contributed by atoms with E-state index in [1.165, 1.54) is 25.7 Å². The number of nitrogens with one attached hydrogen (secondary N) is 1. The highest BCUT2D eigenvalue weighted by molar-refractivity contribution is 5.14. The molecule has 0 bridgehead atoms. The number of hydrogen-bond acceptors (Lipinski definition) is 4. The van der Waals surface area contributed by atoms with Crippen molar-refractivity contribution >= 4 is 0 Å². The Morgan fingerprint density at radius 3 is 2.69 bits per heavy atom. The van der Waals surface area contributed by atoms with Gasteiger partial charge in [0.25, 0.3) is 0 Å². The summed E-state index contributed by atoms with van der Waals surface area (Å²) in [5.41, 5.74) is 0. The maximum Gasteiger partial charge on any atom is 0.230 e. The molecule has 88 valence electrons. The minimum absolute atomic E-state index is 0.588. The fraction of sp³-hybridized carbons (Fsp3) is 0.833. The predicted octanol–water partition coefficient (Wildman–Crippen LogP) is 2.08. The summed E-state index contributed by atoms with van der Waals surface area (Å²) in [4.78, 5) is 0. The summed E-state index contributed by atoms with van der Waals surface area (Å²) in [7, 11) is 0. The van der Waals surface area contributed by atoms with Gasteiger partial charge in [0.05, 0.1) is 6.54 Å². The van der Waals surface area contributed by atoms with Gasteiger partial charge in [0.15, 0.2) is 0 Å². The lowest BCUT2D eigenvalue weighted by Gasteiger charge is -2.04. The Balaban J connectivity index is 1.64. The summed E-state index contributed by atoms with van der Waals surface area (Å²) in [5.74, 6) is 3.91. The Morgan fingerprint density at radius 1 is 1.25 bits per heavy atom. The molecule has 4 nitrogen and oxygen atoms in total. The lowest BCUT2D eigenvalue weighted by molar-refractivity contribution is 0.428. The summed E-state index contributed by atoms with van der Waals surface area (Å²) >= 11 is 0. The van der Waals surface area contributed by atoms with Crippen LogP contribution in [0.15, 0.2) is 4.42 Å². The first-order valence-corrected chi connectivity index (χ1v) is 6.43. The summed E-state index contributed by atoms with van der Waals surface area (Å²) in [6.45, 7) is 3.71. The lowest BCUT2D eigenvalue weighted by Crippen LogP contribution is -2.11. The second kappa shape index (κ2) is 4.17. The molecule has 1 N–H and O–H groups in total. The van der Waals surface area contributed by atoms with Gasteiger partial charge in [0.2, 0.25) is 11.8 Å². The number of rotatable bonds is 4. The quantitative estimate of drug-likeness (QED) is 0.845. The second-order valence-corrected chi connectivity index (χ2v) is 4.95. The average molecular weight is 221 g/mol. The number of fused-ring (bicyclic) bond motifs is 1. The van der Waals surface area contributed by atoms with E-state index in [9.17, 15) is 0 Å². The van der Waals surface area contributed by atoms with Gasteiger partial charge in [0, 0.05) is 5.92 Å². The molecule has 1 heterocycles. The van der Waals surface area contributed by atoms with Crippen LogP contribution in [-0.4, -0.2) is 16.7 Å². The molecule has 2 aliphatic carbocycles. The van der Waals surface area contributed by atoms with E-state index in [1.807, 2.05) is 0 Å². The summed E-state index contributed by atoms with van der Waals surface area (Å²) in [6.07, 6.45) is 5.49. The van der Waals surface area contributed by atoms with Crippen LogP contribution in [-0.2, 0) is 6.54 Å². The molecule has 3 rings (SSSR count). The zero-order chi connectivity index (χ0) is 11.0. The van der Waals surface area contributed by atoms with Crippen molar-refractivity contribution in [1.82, 2.24) is 15.5 Å². The molecular formula is C12H19N3O. The Bertz CT molecular complexity index is 351. The van der Waals surface area contributed by atoms with Crippen LogP contribution >= 0.6 is 0 Å². The van der Waals surface area contributed by atoms with Gasteiger partial charge in [-0.15, -0.1) is 10.2 Å². The van der Waals surface area contributed by atoms with Crippen LogP contribution in [0.2, 0.25) is 0 Å². The molecule has 0 aromatic carbocycles. The molecule has 2 unspecified atom stereocenters. The zero-order valence-corrected chi connectivity index (χ0v) is 9.78. The van der Waals surface area contributed by atoms with Gasteiger partial charge >= 0.3 is 0 Å². The third-order valence-corrected chi connectivity index (χ3v) is 3.95. The van der Waals surface area contributed by atoms with Gasteiger partial charge < -0.3 is 9.73 Å². The van der Waals surface area contributed by atoms with Crippen molar-refractivity contribution in [3.63, 3.8) is 0 Å². The van der Waals surface area contributed by atoms with Crippen LogP contribution in [0.3, 0.4) is 0 Å². The first-order chi connectivity index (χ1) is 7.90. The van der Waals surface area contributed by atoms with Crippen molar-refractivity contribution in [2.45, 2.75) is 45.1 Å². The van der Waals surface area contributed by atoms with Gasteiger partial charge in [-0.1, -0.05) is 19.8 Å². The van der Waals surface area contributed by atoms with E-state index in [1.54, 1.807) is 0 Å². The molecule has 2 aliphatic rings. The summed E-state index contributed by atoms with van der Waals surface area (Å²) in [5, 5.41) is 11.5. The fourth-order valence-corrected chi connectivity index (χ4v) is 3.06. The van der Waals surface area contributed by atoms with Gasteiger partial charge in [0.1, 0.15) is 0 Å². The van der Waals surface area contributed by atoms with E-state index in [4.69, 9.17) is 4.42 Å². The molecule has 0 aliphatic heterocycles. The van der Waals surface area contributed by atoms with Crippen molar-refractivity contribution in [2.24, 2.45) is 11.8 Å². The van der Waals surface area contributed by atoms with Gasteiger partial charge in [-0.25, -0.2) is 0 Å². The van der Waals surface area contributed by atoms with Gasteiger partial charge in [-0.3, -0.25) is 0 Å². The molecule has 0 amide bonds. The van der Waals surface area contributed by atoms with Gasteiger partial charge in [-0.05, 0) is 31.2 Å². The monoisotopic (exact) mass is 221 g/mol. The molecular weight excluding hydrogens is 202 g/mol. The van der Waals surface area contributed by atoms with E-state index < -0.39 is 0 Å². The van der Waals surface area contributed by atoms with Crippen molar-refractivity contribution < 1.29 is 4.42 Å². The first-order valence-electron chi connectivity index (χ1n) is 6.43. The Hall–Kier alpha value is -0.900. The van der Waals surface area contributed by atoms with E-state index in [0.717, 1.165) is 30.2 Å². The molecule has 2 atom stereocenters. The Morgan fingerprint density at radius 2 is 2.00 bits per heavy atom. The number of nitrogens with zero attached hydrogens (tertiary/aromatic N) is 2. The van der Waals surface area contributed by atoms with Crippen LogP contribution < -0.4 is 5.32 Å². The van der Waals surface area contributed by atoms with Crippen LogP contribution in [0.5, 0.6) is 0 Å². The van der Waals surface area contributed by atoms with Crippen molar-refractivity contribution in [1.29, 1.82) is 0 Å². The van der Waals surface area contributed by atoms with E-state index >= 15 is 0 Å². The SMILES string of the molecule is CCNCc1nnc(C2C3CCCCC32)o1. The molecule has 1 aromatic heterocycles. The topological polar surface area (TPSA) is 51.0 Å². The lowest BCUT2D eigenvalue weighted by atomic mass is 10.0. The molecule has 0 spiro atoms. The van der Waals surface area contributed by atoms with Crippen LogP contribution in [0.4, 0.5) is 0 Å². The molecule has 0 saturated heterocycles. The highest BCUT2D eigenvalue weighted by Crippen LogP contribution is 2.60. The second-order valence-electron chi connectivity index (χ2n) is 4.95. The van der Waals surface area contributed by atoms with Crippen molar-refractivity contribution in [2.75, 3.05) is 6.54 Å². The smallest absolute Gasteiger partial charge is 0.230 e. The highest BCUT2D eigenvalue weighted by Gasteiger charge is 2.54. The normalized spacial score (nSPS) is 32.4. The Labute approximate surface area is 95.8 Å². The molecule has 16 heavy (non-hydrogen) atoms. The van der Waals surface area contributed by atoms with E-state index in [0.29, 0.717) is 12.5 Å². The molecule has 4 heteroatoms. The summed E-state index contributed by atoms with van der Waals surface area (Å²) in [6, 6.07) is 0. The van der Waals surface area contributed by atoms with E-state index in [-0.39, 0.29) is 0 Å². The van der Waals surface area contributed by atoms with Crippen LogP contribution in [0, 0.1) is 11.8 Å². The third-order valence-electron chi connectivity index (χ3n) is 3.95. The third kappa shape index (κ3) is 1.75. The standard InChI is InChI=1S/C12H19N3O/c1-2-13-7-10-14-15-12(16-10)11-8-5-3-4-6-9(8)11/h8-9,11,13H,2-7H2,1H3. The molecule has 2 saturated carbocycles. The Kier molecular flexibility index (Phi) is 2.67. The minimum Gasteiger partial charge on any atom is -0.424 e. The maximum atomic E-state index is 5.72. The van der Waals surface area contributed by atoms with Crippen LogP contribution in [0.25, 0.3) is 0 Å². The number of hydrogen-bond donors (Lipinski definition) is 1. The maximum absolute atomic E-state index is 5.72. The average Bonchev–Trinajstić information content (AvgIpc) is 2.87. The van der Waals surface area contributed by atoms with E-state index in [2.05, 4.69) is 22.4 Å². The molecule has 1 aromatic rings. The first kappa shape index (κ1) is 10.3. The van der Waals surface area contributed by atoms with Gasteiger partial charge in [-0.2, -0.15) is 0 Å². The fourth-order valence-electron chi connectivity index (χ4n) is 3.06. The zero-order valence-electron chi connectivity index (χ0n) is 9.78.